The van der Waals surface area contributed by atoms with Gasteiger partial charge in [-0.15, -0.1) is 0 Å². The number of rotatable bonds is 0. The Kier molecular flexibility index (Phi) is 54.1. The molecule has 29 valence electrons. The van der Waals surface area contributed by atoms with Gasteiger partial charge < -0.3 is 9.11 Å². The molecule has 0 bridgehead atoms. The fourth-order valence-electron chi connectivity index (χ4n) is 0. The summed E-state index contributed by atoms with van der Waals surface area (Å²) in [5, 5.41) is 0. The van der Waals surface area contributed by atoms with Crippen LogP contribution in [0.1, 0.15) is 0 Å². The van der Waals surface area contributed by atoms with E-state index in [9.17, 15) is 0 Å². The molecular weight excluding hydrogens is 143 g/mol. The van der Waals surface area contributed by atoms with Crippen molar-refractivity contribution in [2.45, 2.75) is 0 Å². The molecule has 0 rings (SSSR count). The zero-order chi connectivity index (χ0) is 2.71. The van der Waals surface area contributed by atoms with Crippen LogP contribution in [0, 0.1) is 0 Å². The average molecular weight is 145 g/mol. The minimum absolute atomic E-state index is 0. The largest absolute Gasteiger partial charge is 0.307 e. The van der Waals surface area contributed by atoms with Crippen molar-refractivity contribution in [3.63, 3.8) is 0 Å². The van der Waals surface area contributed by atoms with Crippen molar-refractivity contribution in [3.05, 3.63) is 0 Å². The maximum absolute atomic E-state index is 7.04. The van der Waals surface area contributed by atoms with Crippen LogP contribution in [0.5, 0.6) is 0 Å². The summed E-state index contributed by atoms with van der Waals surface area (Å²) in [7, 11) is 0. The van der Waals surface area contributed by atoms with Crippen LogP contribution in [0.25, 0.3) is 0 Å². The van der Waals surface area contributed by atoms with Gasteiger partial charge in [-0.2, -0.15) is 0 Å². The predicted octanol–water partition coefficient (Wildman–Crippen LogP) is 0.282. The first-order valence-electron chi connectivity index (χ1n) is 0.365. The molecule has 2 N–H and O–H groups in total. The summed E-state index contributed by atoms with van der Waals surface area (Å²) in [5.41, 5.74) is 0. The molecule has 0 aromatic heterocycles. The molecule has 2 nitrogen and oxygen atoms in total. The van der Waals surface area contributed by atoms with Crippen molar-refractivity contribution in [2.24, 2.45) is 0 Å². The van der Waals surface area contributed by atoms with E-state index in [1.54, 1.807) is 0 Å². The third-order valence-electron chi connectivity index (χ3n) is 0. The van der Waals surface area contributed by atoms with Crippen molar-refractivity contribution in [3.8, 4) is 0 Å². The van der Waals surface area contributed by atoms with Crippen molar-refractivity contribution >= 4 is 41.9 Å². The monoisotopic (exact) mass is 145 g/mol. The molecule has 1 radical (unpaired) electrons. The minimum Gasteiger partial charge on any atom is -0.307 e. The van der Waals surface area contributed by atoms with Gasteiger partial charge in [0.05, 0.1) is 0 Å². The van der Waals surface area contributed by atoms with Gasteiger partial charge in [0.1, 0.15) is 0 Å². The third kappa shape index (κ3) is 26.0. The van der Waals surface area contributed by atoms with E-state index in [-0.39, 0.29) is 58.9 Å². The molecular formula is H2FeNaO2S. The van der Waals surface area contributed by atoms with E-state index < -0.39 is 0 Å². The minimum atomic E-state index is -0.250. The second-order valence-electron chi connectivity index (χ2n) is 0.0816. The predicted molar refractivity (Wildman–Crippen MR) is 18.6 cm³/mol. The topological polar surface area (TPSA) is 40.5 Å². The maximum atomic E-state index is 7.04. The zero-order valence-corrected chi connectivity index (χ0v) is 6.58. The fraction of sp³-hybridized carbons (Fsp3) is 0. The van der Waals surface area contributed by atoms with Crippen molar-refractivity contribution < 1.29 is 26.2 Å². The van der Waals surface area contributed by atoms with E-state index in [0.717, 1.165) is 0 Å². The molecule has 0 spiro atoms. The van der Waals surface area contributed by atoms with Crippen molar-refractivity contribution in [2.75, 3.05) is 0 Å². The van der Waals surface area contributed by atoms with Crippen LogP contribution in [0.3, 0.4) is 0 Å². The van der Waals surface area contributed by atoms with Gasteiger partial charge in [-0.3, -0.25) is 0 Å². The smallest absolute Gasteiger partial charge is 0.152 e. The Balaban J connectivity index is -0.0000000200. The molecule has 0 atom stereocenters. The first kappa shape index (κ1) is 15.8. The Labute approximate surface area is 67.5 Å². The molecule has 0 saturated heterocycles. The quantitative estimate of drug-likeness (QED) is 0.380. The van der Waals surface area contributed by atoms with Crippen LogP contribution < -0.4 is 0 Å². The summed E-state index contributed by atoms with van der Waals surface area (Å²) >= 11 is -0.250. The number of hydrogen-bond acceptors (Lipinski definition) is 3. The fourth-order valence-corrected chi connectivity index (χ4v) is 0. The molecule has 0 heterocycles. The molecule has 0 aliphatic rings. The second-order valence-corrected chi connectivity index (χ2v) is 0.245. The van der Waals surface area contributed by atoms with Crippen molar-refractivity contribution in [1.82, 2.24) is 0 Å². The van der Waals surface area contributed by atoms with Gasteiger partial charge in [-0.1, -0.05) is 0 Å². The molecule has 0 aliphatic heterocycles. The van der Waals surface area contributed by atoms with Gasteiger partial charge in [0, 0.05) is 46.6 Å². The summed E-state index contributed by atoms with van der Waals surface area (Å²) in [5.74, 6) is 0. The summed E-state index contributed by atoms with van der Waals surface area (Å²) in [4.78, 5) is 0. The van der Waals surface area contributed by atoms with Gasteiger partial charge in [0.2, 0.25) is 0 Å². The van der Waals surface area contributed by atoms with E-state index in [1.807, 2.05) is 0 Å². The van der Waals surface area contributed by atoms with Crippen LogP contribution in [0.15, 0.2) is 0 Å². The van der Waals surface area contributed by atoms with Gasteiger partial charge >= 0.3 is 0 Å². The Morgan fingerprint density at radius 2 is 1.20 bits per heavy atom. The van der Waals surface area contributed by atoms with E-state index >= 15 is 0 Å². The normalized spacial score (nSPS) is 3.60. The summed E-state index contributed by atoms with van der Waals surface area (Å²) in [6.07, 6.45) is 0. The molecule has 0 amide bonds. The Bertz CT molecular complexity index is 9.61. The van der Waals surface area contributed by atoms with Gasteiger partial charge in [-0.25, -0.2) is 0 Å². The zero-order valence-electron chi connectivity index (χ0n) is 2.66. The Hall–Kier alpha value is 1.79. The standard InChI is InChI=1S/Fe.Na.H2O2S/c;;1-3-2/h;;1-2H. The van der Waals surface area contributed by atoms with Crippen LogP contribution in [-0.2, 0) is 17.1 Å². The van der Waals surface area contributed by atoms with Gasteiger partial charge in [-0.05, 0) is 0 Å². The molecule has 5 heteroatoms. The van der Waals surface area contributed by atoms with Crippen LogP contribution >= 0.6 is 12.3 Å². The maximum Gasteiger partial charge on any atom is 0.152 e. The average Bonchev–Trinajstić information content (AvgIpc) is 0.918. The second kappa shape index (κ2) is 17.1. The van der Waals surface area contributed by atoms with Gasteiger partial charge in [0.15, 0.2) is 12.3 Å². The molecule has 0 aromatic carbocycles. The molecule has 0 aliphatic carbocycles. The van der Waals surface area contributed by atoms with E-state index in [4.69, 9.17) is 9.11 Å². The summed E-state index contributed by atoms with van der Waals surface area (Å²) in [6.45, 7) is 0. The van der Waals surface area contributed by atoms with E-state index in [0.29, 0.717) is 0 Å². The summed E-state index contributed by atoms with van der Waals surface area (Å²) < 4.78 is 14.1. The molecule has 0 saturated carbocycles. The van der Waals surface area contributed by atoms with Gasteiger partial charge in [0.25, 0.3) is 0 Å². The van der Waals surface area contributed by atoms with Crippen molar-refractivity contribution in [1.29, 1.82) is 0 Å². The summed E-state index contributed by atoms with van der Waals surface area (Å²) in [6, 6.07) is 0. The Morgan fingerprint density at radius 3 is 1.20 bits per heavy atom. The first-order valence-corrected chi connectivity index (χ1v) is 1.10. The molecule has 0 aromatic rings. The van der Waals surface area contributed by atoms with E-state index in [1.165, 1.54) is 0 Å². The third-order valence-corrected chi connectivity index (χ3v) is 0. The SMILES string of the molecule is OSO.[Fe].[Na]. The first-order chi connectivity index (χ1) is 1.41. The van der Waals surface area contributed by atoms with Crippen LogP contribution in [0.4, 0.5) is 0 Å². The Morgan fingerprint density at radius 1 is 1.20 bits per heavy atom. The van der Waals surface area contributed by atoms with Crippen LogP contribution in [-0.4, -0.2) is 38.7 Å². The van der Waals surface area contributed by atoms with Crippen LogP contribution in [0.2, 0.25) is 0 Å². The molecule has 5 heavy (non-hydrogen) atoms. The molecule has 0 fully saturated rings. The number of hydrogen-bond donors (Lipinski definition) is 2. The molecule has 0 unspecified atom stereocenters. The van der Waals surface area contributed by atoms with E-state index in [2.05, 4.69) is 0 Å².